The van der Waals surface area contributed by atoms with Gasteiger partial charge in [0, 0.05) is 17.1 Å². The molecule has 0 spiro atoms. The van der Waals surface area contributed by atoms with Gasteiger partial charge in [-0.15, -0.1) is 11.8 Å². The number of hydrogen-bond acceptors (Lipinski definition) is 2. The first-order chi connectivity index (χ1) is 11.2. The maximum absolute atomic E-state index is 12.9. The number of nitrogens with one attached hydrogen (secondary N) is 1. The van der Waals surface area contributed by atoms with E-state index in [4.69, 9.17) is 0 Å². The van der Waals surface area contributed by atoms with Crippen molar-refractivity contribution in [2.75, 3.05) is 5.75 Å². The third-order valence-electron chi connectivity index (χ3n) is 4.32. The summed E-state index contributed by atoms with van der Waals surface area (Å²) in [5, 5.41) is 3.23. The molecule has 1 amide bonds. The van der Waals surface area contributed by atoms with E-state index in [-0.39, 0.29) is 17.3 Å². The van der Waals surface area contributed by atoms with Gasteiger partial charge in [-0.2, -0.15) is 0 Å². The third-order valence-corrected chi connectivity index (χ3v) is 5.34. The second-order valence-corrected chi connectivity index (χ2v) is 7.07. The van der Waals surface area contributed by atoms with E-state index in [1.165, 1.54) is 17.7 Å². The van der Waals surface area contributed by atoms with E-state index in [9.17, 15) is 9.18 Å². The topological polar surface area (TPSA) is 29.1 Å². The molecule has 0 atom stereocenters. The van der Waals surface area contributed by atoms with Crippen LogP contribution in [0.25, 0.3) is 0 Å². The summed E-state index contributed by atoms with van der Waals surface area (Å²) in [4.78, 5) is 13.3. The Morgan fingerprint density at radius 1 is 1.09 bits per heavy atom. The fourth-order valence-electron chi connectivity index (χ4n) is 2.90. The molecule has 0 radical (unpaired) electrons. The Bertz CT molecular complexity index is 653. The highest BCUT2D eigenvalue weighted by atomic mass is 32.2. The van der Waals surface area contributed by atoms with Gasteiger partial charge in [0.15, 0.2) is 0 Å². The third kappa shape index (κ3) is 3.94. The Hall–Kier alpha value is -1.81. The molecule has 1 aliphatic carbocycles. The van der Waals surface area contributed by atoms with E-state index >= 15 is 0 Å². The van der Waals surface area contributed by atoms with Gasteiger partial charge >= 0.3 is 0 Å². The van der Waals surface area contributed by atoms with E-state index in [0.717, 1.165) is 24.2 Å². The maximum atomic E-state index is 12.9. The first-order valence-corrected chi connectivity index (χ1v) is 8.91. The predicted molar refractivity (Wildman–Crippen MR) is 91.9 cm³/mol. The van der Waals surface area contributed by atoms with Gasteiger partial charge < -0.3 is 5.32 Å². The summed E-state index contributed by atoms with van der Waals surface area (Å²) in [6, 6.07) is 16.6. The van der Waals surface area contributed by atoms with Crippen molar-refractivity contribution >= 4 is 17.7 Å². The highest BCUT2D eigenvalue weighted by Gasteiger charge is 2.39. The molecule has 1 fully saturated rings. The zero-order chi connectivity index (χ0) is 16.1. The lowest BCUT2D eigenvalue weighted by molar-refractivity contribution is -0.123. The standard InChI is InChI=1S/C19H20FNOS/c20-16-7-9-17(10-8-16)23-14-11-18(22)21-19(12-4-13-19)15-5-2-1-3-6-15/h1-3,5-10H,4,11-14H2,(H,21,22). The monoisotopic (exact) mass is 329 g/mol. The summed E-state index contributed by atoms with van der Waals surface area (Å²) in [5.41, 5.74) is 1.03. The smallest absolute Gasteiger partial charge is 0.221 e. The number of benzene rings is 2. The van der Waals surface area contributed by atoms with Crippen LogP contribution in [-0.2, 0) is 10.3 Å². The molecule has 0 unspecified atom stereocenters. The van der Waals surface area contributed by atoms with Crippen LogP contribution in [0.1, 0.15) is 31.2 Å². The quantitative estimate of drug-likeness (QED) is 0.790. The van der Waals surface area contributed by atoms with Crippen molar-refractivity contribution in [2.24, 2.45) is 0 Å². The van der Waals surface area contributed by atoms with E-state index in [1.54, 1.807) is 23.9 Å². The highest BCUT2D eigenvalue weighted by Crippen LogP contribution is 2.41. The van der Waals surface area contributed by atoms with E-state index in [0.29, 0.717) is 12.2 Å². The summed E-state index contributed by atoms with van der Waals surface area (Å²) < 4.78 is 12.9. The Morgan fingerprint density at radius 3 is 2.39 bits per heavy atom. The van der Waals surface area contributed by atoms with Crippen molar-refractivity contribution in [1.82, 2.24) is 5.32 Å². The zero-order valence-corrected chi connectivity index (χ0v) is 13.7. The van der Waals surface area contributed by atoms with Crippen LogP contribution in [-0.4, -0.2) is 11.7 Å². The van der Waals surface area contributed by atoms with Gasteiger partial charge in [0.05, 0.1) is 5.54 Å². The first kappa shape index (κ1) is 16.1. The summed E-state index contributed by atoms with van der Waals surface area (Å²) in [6.45, 7) is 0. The molecule has 0 bridgehead atoms. The Kier molecular flexibility index (Phi) is 5.01. The molecular formula is C19H20FNOS. The van der Waals surface area contributed by atoms with Crippen LogP contribution >= 0.6 is 11.8 Å². The summed E-state index contributed by atoms with van der Waals surface area (Å²) in [6.07, 6.45) is 3.64. The molecule has 1 aliphatic rings. The molecule has 120 valence electrons. The predicted octanol–water partition coefficient (Wildman–Crippen LogP) is 4.50. The van der Waals surface area contributed by atoms with Crippen molar-refractivity contribution in [3.8, 4) is 0 Å². The largest absolute Gasteiger partial charge is 0.347 e. The van der Waals surface area contributed by atoms with Gasteiger partial charge in [0.25, 0.3) is 0 Å². The second kappa shape index (κ2) is 7.18. The van der Waals surface area contributed by atoms with Crippen LogP contribution < -0.4 is 5.32 Å². The van der Waals surface area contributed by atoms with Crippen LogP contribution in [0.3, 0.4) is 0 Å². The molecule has 3 rings (SSSR count). The molecule has 0 aliphatic heterocycles. The maximum Gasteiger partial charge on any atom is 0.221 e. The molecule has 0 saturated heterocycles. The van der Waals surface area contributed by atoms with Crippen LogP contribution in [0.5, 0.6) is 0 Å². The molecule has 2 nitrogen and oxygen atoms in total. The Balaban J connectivity index is 1.51. The minimum atomic E-state index is -0.234. The minimum absolute atomic E-state index is 0.0863. The lowest BCUT2D eigenvalue weighted by Gasteiger charge is -2.43. The number of carbonyl (C=O) groups excluding carboxylic acids is 1. The molecule has 1 saturated carbocycles. The van der Waals surface area contributed by atoms with Gasteiger partial charge in [-0.1, -0.05) is 30.3 Å². The first-order valence-electron chi connectivity index (χ1n) is 7.93. The molecule has 0 heterocycles. The van der Waals surface area contributed by atoms with Gasteiger partial charge in [-0.25, -0.2) is 4.39 Å². The SMILES string of the molecule is O=C(CCSc1ccc(F)cc1)NC1(c2ccccc2)CCC1. The molecule has 0 aromatic heterocycles. The second-order valence-electron chi connectivity index (χ2n) is 5.90. The molecule has 4 heteroatoms. The average Bonchev–Trinajstić information content (AvgIpc) is 2.54. The lowest BCUT2D eigenvalue weighted by atomic mass is 9.71. The summed E-state index contributed by atoms with van der Waals surface area (Å²) in [7, 11) is 0. The van der Waals surface area contributed by atoms with Crippen molar-refractivity contribution in [3.63, 3.8) is 0 Å². The van der Waals surface area contributed by atoms with Crippen LogP contribution in [0.2, 0.25) is 0 Å². The molecule has 1 N–H and O–H groups in total. The van der Waals surface area contributed by atoms with Gasteiger partial charge in [-0.3, -0.25) is 4.79 Å². The fraction of sp³-hybridized carbons (Fsp3) is 0.316. The van der Waals surface area contributed by atoms with Gasteiger partial charge in [0.2, 0.25) is 5.91 Å². The average molecular weight is 329 g/mol. The van der Waals surface area contributed by atoms with Crippen molar-refractivity contribution in [1.29, 1.82) is 0 Å². The molecule has 2 aromatic carbocycles. The number of amides is 1. The van der Waals surface area contributed by atoms with E-state index in [2.05, 4.69) is 17.4 Å². The van der Waals surface area contributed by atoms with Crippen LogP contribution in [0.15, 0.2) is 59.5 Å². The van der Waals surface area contributed by atoms with Crippen molar-refractivity contribution < 1.29 is 9.18 Å². The number of carbonyl (C=O) groups is 1. The van der Waals surface area contributed by atoms with Crippen LogP contribution in [0, 0.1) is 5.82 Å². The van der Waals surface area contributed by atoms with Gasteiger partial charge in [0.1, 0.15) is 5.82 Å². The Morgan fingerprint density at radius 2 is 1.78 bits per heavy atom. The van der Waals surface area contributed by atoms with Gasteiger partial charge in [-0.05, 0) is 49.1 Å². The summed E-state index contributed by atoms with van der Waals surface area (Å²) >= 11 is 1.58. The normalized spacial score (nSPS) is 15.7. The number of hydrogen-bond donors (Lipinski definition) is 1. The van der Waals surface area contributed by atoms with Crippen molar-refractivity contribution in [2.45, 2.75) is 36.1 Å². The minimum Gasteiger partial charge on any atom is -0.347 e. The fourth-order valence-corrected chi connectivity index (χ4v) is 3.75. The van der Waals surface area contributed by atoms with Crippen molar-refractivity contribution in [3.05, 3.63) is 66.0 Å². The summed E-state index contributed by atoms with van der Waals surface area (Å²) in [5.74, 6) is 0.549. The number of rotatable bonds is 6. The Labute approximate surface area is 140 Å². The van der Waals surface area contributed by atoms with E-state index in [1.807, 2.05) is 18.2 Å². The zero-order valence-electron chi connectivity index (χ0n) is 12.9. The molecule has 23 heavy (non-hydrogen) atoms. The number of thioether (sulfide) groups is 1. The van der Waals surface area contributed by atoms with E-state index < -0.39 is 0 Å². The van der Waals surface area contributed by atoms with Crippen LogP contribution in [0.4, 0.5) is 4.39 Å². The molecule has 2 aromatic rings. The lowest BCUT2D eigenvalue weighted by Crippen LogP contribution is -2.50. The number of halogens is 1. The highest BCUT2D eigenvalue weighted by molar-refractivity contribution is 7.99. The molecular weight excluding hydrogens is 309 g/mol.